The van der Waals surface area contributed by atoms with Crippen LogP contribution in [0.3, 0.4) is 0 Å². The fourth-order valence-corrected chi connectivity index (χ4v) is 16.6. The van der Waals surface area contributed by atoms with Gasteiger partial charge in [-0.15, -0.1) is 0 Å². The minimum Gasteiger partial charge on any atom is -0.456 e. The zero-order valence-corrected chi connectivity index (χ0v) is 54.2. The lowest BCUT2D eigenvalue weighted by Crippen LogP contribution is -2.38. The molecule has 6 heterocycles. The quantitative estimate of drug-likeness (QED) is 0.163. The molecule has 3 aliphatic rings. The molecule has 1 aliphatic carbocycles. The lowest BCUT2D eigenvalue weighted by atomic mass is 9.64. The van der Waals surface area contributed by atoms with Crippen LogP contribution >= 0.6 is 0 Å². The first kappa shape index (κ1) is 54.8. The molecule has 1 unspecified atom stereocenters. The standard InChI is InChI=1S/C88H64N4O4/c1-86(2,3)51-35-39-53(40-36-51)90(55-43-45-77-61(47-55)57-21-8-16-31-73(57)93-77)71-49-66-82(85-79(71)59-23-10-18-33-75(59)96-85)81-65(88(66)63-25-12-13-27-67(63)92-69-29-15-14-28-68(69)89(7)70-30-20-26-64(88)83(70)92)50-72(84-80(81)60-24-11-19-34-76(60)95-84)91(54-41-37-52(38-42-54)87(4,5)6)56-44-46-78-62(48-56)58-22-9-17-32-74(58)94-78/h8-50H,1-7H3. The molecular formula is C88H64N4O4. The van der Waals surface area contributed by atoms with Gasteiger partial charge in [-0.3, -0.25) is 0 Å². The Hall–Kier alpha value is -11.7. The van der Waals surface area contributed by atoms with Crippen molar-refractivity contribution in [2.24, 2.45) is 0 Å². The minimum atomic E-state index is -1.04. The molecule has 460 valence electrons. The third-order valence-electron chi connectivity index (χ3n) is 21.1. The van der Waals surface area contributed by atoms with Crippen LogP contribution in [0, 0.1) is 0 Å². The van der Waals surface area contributed by atoms with Gasteiger partial charge in [0.2, 0.25) is 0 Å². The Balaban J connectivity index is 0.980. The predicted molar refractivity (Wildman–Crippen MR) is 396 cm³/mol. The summed E-state index contributed by atoms with van der Waals surface area (Å²) in [6.45, 7) is 13.7. The summed E-state index contributed by atoms with van der Waals surface area (Å²) in [5, 5.41) is 8.23. The molecule has 8 heteroatoms. The number of para-hydroxylation sites is 8. The number of benzene rings is 13. The third kappa shape index (κ3) is 7.44. The normalized spacial score (nSPS) is 14.8. The van der Waals surface area contributed by atoms with Crippen LogP contribution in [0.25, 0.3) is 98.9 Å². The minimum absolute atomic E-state index is 0.0866. The molecule has 4 aromatic heterocycles. The summed E-state index contributed by atoms with van der Waals surface area (Å²) in [5.41, 5.74) is 25.8. The van der Waals surface area contributed by atoms with E-state index in [1.807, 2.05) is 12.1 Å². The van der Waals surface area contributed by atoms with Crippen molar-refractivity contribution >= 4 is 150 Å². The summed E-state index contributed by atoms with van der Waals surface area (Å²) < 4.78 is 28.6. The van der Waals surface area contributed by atoms with Crippen molar-refractivity contribution in [2.45, 2.75) is 57.8 Å². The molecule has 13 aromatic carbocycles. The van der Waals surface area contributed by atoms with Gasteiger partial charge in [-0.1, -0.05) is 181 Å². The van der Waals surface area contributed by atoms with Crippen molar-refractivity contribution in [2.75, 3.05) is 26.6 Å². The molecule has 0 saturated heterocycles. The topological polar surface area (TPSA) is 65.5 Å². The molecule has 20 rings (SSSR count). The zero-order valence-electron chi connectivity index (χ0n) is 54.2. The molecule has 0 N–H and O–H groups in total. The number of anilines is 11. The van der Waals surface area contributed by atoms with Gasteiger partial charge in [0.25, 0.3) is 0 Å². The Kier molecular flexibility index (Phi) is 11.1. The number of rotatable bonds is 6. The van der Waals surface area contributed by atoms with Gasteiger partial charge in [-0.25, -0.2) is 0 Å². The third-order valence-corrected chi connectivity index (χ3v) is 21.1. The molecule has 8 nitrogen and oxygen atoms in total. The average Bonchev–Trinajstić information content (AvgIpc) is 1.45. The van der Waals surface area contributed by atoms with Crippen LogP contribution in [0.2, 0.25) is 0 Å². The van der Waals surface area contributed by atoms with Gasteiger partial charge in [0, 0.05) is 78.6 Å². The van der Waals surface area contributed by atoms with Crippen LogP contribution < -0.4 is 19.6 Å². The van der Waals surface area contributed by atoms with Gasteiger partial charge in [0.05, 0.1) is 50.6 Å². The van der Waals surface area contributed by atoms with E-state index in [0.29, 0.717) is 0 Å². The lowest BCUT2D eigenvalue weighted by molar-refractivity contribution is 0.590. The number of hydrogen-bond donors (Lipinski definition) is 0. The number of furan rings is 4. The fraction of sp³-hybridized carbons (Fsp3) is 0.114. The highest BCUT2D eigenvalue weighted by Gasteiger charge is 2.56. The van der Waals surface area contributed by atoms with Crippen molar-refractivity contribution in [3.63, 3.8) is 0 Å². The van der Waals surface area contributed by atoms with Gasteiger partial charge in [-0.2, -0.15) is 0 Å². The highest BCUT2D eigenvalue weighted by atomic mass is 16.3. The molecular weight excluding hydrogens is 1180 g/mol. The molecule has 1 spiro atoms. The number of nitrogens with zero attached hydrogens (tertiary/aromatic N) is 4. The predicted octanol–water partition coefficient (Wildman–Crippen LogP) is 25.0. The van der Waals surface area contributed by atoms with E-state index in [1.54, 1.807) is 0 Å². The van der Waals surface area contributed by atoms with Crippen LogP contribution in [0.15, 0.2) is 279 Å². The van der Waals surface area contributed by atoms with Gasteiger partial charge in [0.15, 0.2) is 5.58 Å². The maximum atomic E-state index is 7.80. The number of hydrogen-bond acceptors (Lipinski definition) is 8. The highest BCUT2D eigenvalue weighted by Crippen LogP contribution is 2.71. The largest absolute Gasteiger partial charge is 0.456 e. The average molecular weight is 1240 g/mol. The summed E-state index contributed by atoms with van der Waals surface area (Å²) >= 11 is 0. The molecule has 0 bridgehead atoms. The van der Waals surface area contributed by atoms with Gasteiger partial charge < -0.3 is 37.3 Å². The van der Waals surface area contributed by atoms with Gasteiger partial charge in [-0.05, 0) is 166 Å². The van der Waals surface area contributed by atoms with E-state index < -0.39 is 5.41 Å². The van der Waals surface area contributed by atoms with Crippen LogP contribution in [-0.4, -0.2) is 7.05 Å². The molecule has 0 amide bonds. The summed E-state index contributed by atoms with van der Waals surface area (Å²) in [5.74, 6) is 0. The molecule has 0 radical (unpaired) electrons. The Labute approximate surface area is 554 Å². The van der Waals surface area contributed by atoms with Crippen molar-refractivity contribution in [3.8, 4) is 11.1 Å². The summed E-state index contributed by atoms with van der Waals surface area (Å²) in [4.78, 5) is 9.83. The monoisotopic (exact) mass is 1240 g/mol. The van der Waals surface area contributed by atoms with Crippen LogP contribution in [0.5, 0.6) is 0 Å². The van der Waals surface area contributed by atoms with Crippen LogP contribution in [0.4, 0.5) is 62.6 Å². The second-order valence-electron chi connectivity index (χ2n) is 28.4. The SMILES string of the molecule is CN1c2ccccc2N2c3ccccc3C3(c4cccc1c42)c1cc(N(c2ccc(C(C)(C)C)cc2)c2ccc4oc5ccccc5c4c2)c2c(oc4ccccc42)c1-c1c3cc(N(c2ccc(C(C)(C)C)cc2)c2ccc3oc4ccccc4c3c2)c2oc3ccccc3c12. The zero-order chi connectivity index (χ0) is 64.3. The van der Waals surface area contributed by atoms with E-state index in [1.165, 1.54) is 11.1 Å². The van der Waals surface area contributed by atoms with Crippen molar-refractivity contribution in [3.05, 3.63) is 294 Å². The smallest absolute Gasteiger partial charge is 0.160 e. The first-order valence-corrected chi connectivity index (χ1v) is 33.3. The Morgan fingerprint density at radius 2 is 0.740 bits per heavy atom. The molecule has 0 saturated carbocycles. The highest BCUT2D eigenvalue weighted by molar-refractivity contribution is 6.27. The summed E-state index contributed by atoms with van der Waals surface area (Å²) in [6.07, 6.45) is 0. The second-order valence-corrected chi connectivity index (χ2v) is 28.4. The molecule has 2 aliphatic heterocycles. The number of fused-ring (bicyclic) bond motifs is 25. The Morgan fingerprint density at radius 3 is 1.32 bits per heavy atom. The summed E-state index contributed by atoms with van der Waals surface area (Å²) in [7, 11) is 2.22. The van der Waals surface area contributed by atoms with E-state index in [2.05, 4.69) is 317 Å². The first-order valence-electron chi connectivity index (χ1n) is 33.3. The molecule has 96 heavy (non-hydrogen) atoms. The van der Waals surface area contributed by atoms with Gasteiger partial charge in [0.1, 0.15) is 39.1 Å². The maximum Gasteiger partial charge on any atom is 0.160 e. The van der Waals surface area contributed by atoms with Crippen molar-refractivity contribution in [1.29, 1.82) is 0 Å². The Bertz CT molecular complexity index is 6170. The van der Waals surface area contributed by atoms with E-state index in [0.717, 1.165) is 184 Å². The van der Waals surface area contributed by atoms with E-state index in [9.17, 15) is 0 Å². The maximum absolute atomic E-state index is 7.80. The lowest BCUT2D eigenvalue weighted by Gasteiger charge is -2.49. The van der Waals surface area contributed by atoms with E-state index in [4.69, 9.17) is 17.7 Å². The fourth-order valence-electron chi connectivity index (χ4n) is 16.6. The Morgan fingerprint density at radius 1 is 0.312 bits per heavy atom. The first-order chi connectivity index (χ1) is 46.8. The van der Waals surface area contributed by atoms with Crippen LogP contribution in [-0.2, 0) is 16.2 Å². The van der Waals surface area contributed by atoms with E-state index >= 15 is 0 Å². The van der Waals surface area contributed by atoms with Gasteiger partial charge >= 0.3 is 0 Å². The molecule has 17 aromatic rings. The van der Waals surface area contributed by atoms with Crippen LogP contribution in [0.1, 0.15) is 74.9 Å². The van der Waals surface area contributed by atoms with Crippen molar-refractivity contribution < 1.29 is 17.7 Å². The molecule has 0 fully saturated rings. The molecule has 1 atom stereocenters. The van der Waals surface area contributed by atoms with E-state index in [-0.39, 0.29) is 10.8 Å². The van der Waals surface area contributed by atoms with Crippen molar-refractivity contribution in [1.82, 2.24) is 0 Å². The summed E-state index contributed by atoms with van der Waals surface area (Å²) in [6, 6.07) is 95.7. The second kappa shape index (κ2) is 19.4.